The fourth-order valence-electron chi connectivity index (χ4n) is 1.56. The number of carbonyl (C=O) groups is 1. The third-order valence-corrected chi connectivity index (χ3v) is 2.21. The van der Waals surface area contributed by atoms with Crippen LogP contribution in [0.2, 0.25) is 0 Å². The van der Waals surface area contributed by atoms with Crippen molar-refractivity contribution in [2.75, 3.05) is 20.1 Å². The second-order valence-corrected chi connectivity index (χ2v) is 3.50. The third-order valence-electron chi connectivity index (χ3n) is 2.21. The number of rotatable bonds is 2. The zero-order valence-corrected chi connectivity index (χ0v) is 8.87. The van der Waals surface area contributed by atoms with Gasteiger partial charge in [0.25, 0.3) is 0 Å². The molecule has 0 aromatic rings. The Bertz CT molecular complexity index is 301. The lowest BCUT2D eigenvalue weighted by Crippen LogP contribution is -2.35. The minimum atomic E-state index is -0.141. The predicted molar refractivity (Wildman–Crippen MR) is 55.6 cm³/mol. The Kier molecular flexibility index (Phi) is 3.28. The van der Waals surface area contributed by atoms with Crippen molar-refractivity contribution in [3.8, 4) is 0 Å². The summed E-state index contributed by atoms with van der Waals surface area (Å²) in [5.74, 6) is 0.520. The number of ketones is 1. The number of amidine groups is 1. The van der Waals surface area contributed by atoms with Crippen LogP contribution in [0.15, 0.2) is 16.3 Å². The van der Waals surface area contributed by atoms with Gasteiger partial charge in [-0.2, -0.15) is 0 Å². The summed E-state index contributed by atoms with van der Waals surface area (Å²) in [7, 11) is 1.88. The monoisotopic (exact) mass is 196 g/mol. The number of aliphatic hydroxyl groups is 1. The summed E-state index contributed by atoms with van der Waals surface area (Å²) in [5.41, 5.74) is 0.340. The smallest absolute Gasteiger partial charge is 0.166 e. The Morgan fingerprint density at radius 1 is 1.50 bits per heavy atom. The van der Waals surface area contributed by atoms with Crippen molar-refractivity contribution in [1.29, 1.82) is 0 Å². The Hall–Kier alpha value is -1.32. The lowest BCUT2D eigenvalue weighted by atomic mass is 10.1. The highest BCUT2D eigenvalue weighted by Gasteiger charge is 2.21. The predicted octanol–water partition coefficient (Wildman–Crippen LogP) is 1.14. The fraction of sp³-hybridized carbons (Fsp3) is 0.600. The molecule has 0 spiro atoms. The second-order valence-electron chi connectivity index (χ2n) is 3.50. The summed E-state index contributed by atoms with van der Waals surface area (Å²) in [6.45, 7) is 4.56. The van der Waals surface area contributed by atoms with Crippen molar-refractivity contribution in [1.82, 2.24) is 4.90 Å². The van der Waals surface area contributed by atoms with Gasteiger partial charge < -0.3 is 10.0 Å². The number of nitrogens with zero attached hydrogens (tertiary/aromatic N) is 2. The quantitative estimate of drug-likeness (QED) is 0.532. The van der Waals surface area contributed by atoms with E-state index in [1.54, 1.807) is 0 Å². The molecule has 4 heteroatoms. The van der Waals surface area contributed by atoms with Crippen molar-refractivity contribution in [3.05, 3.63) is 11.3 Å². The molecule has 0 bridgehead atoms. The summed E-state index contributed by atoms with van der Waals surface area (Å²) >= 11 is 0. The minimum absolute atomic E-state index is 0.0463. The number of hydrogen-bond acceptors (Lipinski definition) is 4. The van der Waals surface area contributed by atoms with Crippen LogP contribution < -0.4 is 0 Å². The molecule has 0 atom stereocenters. The number of likely N-dealkylation sites (N-methyl/N-ethyl adjacent to an activating group) is 1. The van der Waals surface area contributed by atoms with Crippen molar-refractivity contribution in [3.63, 3.8) is 0 Å². The molecule has 0 aliphatic carbocycles. The Morgan fingerprint density at radius 2 is 2.14 bits per heavy atom. The van der Waals surface area contributed by atoms with Crippen LogP contribution in [0.25, 0.3) is 0 Å². The summed E-state index contributed by atoms with van der Waals surface area (Å²) in [4.78, 5) is 17.5. The van der Waals surface area contributed by atoms with E-state index in [9.17, 15) is 9.90 Å². The number of Topliss-reactive ketones (excluding diaryl/α,β-unsaturated/α-hetero) is 1. The number of hydrogen-bond donors (Lipinski definition) is 1. The molecular weight excluding hydrogens is 180 g/mol. The summed E-state index contributed by atoms with van der Waals surface area (Å²) in [5, 5.41) is 9.40. The maximum Gasteiger partial charge on any atom is 0.166 e. The van der Waals surface area contributed by atoms with Crippen LogP contribution in [-0.4, -0.2) is 41.8 Å². The van der Waals surface area contributed by atoms with Crippen molar-refractivity contribution in [2.24, 2.45) is 4.99 Å². The van der Waals surface area contributed by atoms with Crippen molar-refractivity contribution in [2.45, 2.75) is 20.3 Å². The topological polar surface area (TPSA) is 52.9 Å². The van der Waals surface area contributed by atoms with Gasteiger partial charge in [0.2, 0.25) is 0 Å². The first-order chi connectivity index (χ1) is 6.54. The molecule has 1 heterocycles. The van der Waals surface area contributed by atoms with Gasteiger partial charge in [-0.3, -0.25) is 9.79 Å². The molecule has 4 nitrogen and oxygen atoms in total. The van der Waals surface area contributed by atoms with Gasteiger partial charge in [0.05, 0.1) is 5.57 Å². The molecule has 0 radical (unpaired) electrons. The average molecular weight is 196 g/mol. The highest BCUT2D eigenvalue weighted by Crippen LogP contribution is 2.12. The zero-order chi connectivity index (χ0) is 10.7. The zero-order valence-electron chi connectivity index (χ0n) is 8.87. The fourth-order valence-corrected chi connectivity index (χ4v) is 1.56. The molecule has 1 N–H and O–H groups in total. The van der Waals surface area contributed by atoms with Gasteiger partial charge in [0.1, 0.15) is 11.6 Å². The molecular formula is C10H16N2O2. The Balaban J connectivity index is 3.06. The molecule has 0 fully saturated rings. The SMILES string of the molecule is CC(=O)/C(C1=NCCCN1C)=C(/C)O. The van der Waals surface area contributed by atoms with Gasteiger partial charge >= 0.3 is 0 Å². The summed E-state index contributed by atoms with van der Waals surface area (Å²) < 4.78 is 0. The van der Waals surface area contributed by atoms with Crippen LogP contribution in [0.5, 0.6) is 0 Å². The van der Waals surface area contributed by atoms with E-state index in [2.05, 4.69) is 4.99 Å². The minimum Gasteiger partial charge on any atom is -0.512 e. The summed E-state index contributed by atoms with van der Waals surface area (Å²) in [6.07, 6.45) is 0.996. The number of aliphatic hydroxyl groups excluding tert-OH is 1. The molecule has 1 rings (SSSR count). The van der Waals surface area contributed by atoms with E-state index >= 15 is 0 Å². The van der Waals surface area contributed by atoms with E-state index in [1.807, 2.05) is 11.9 Å². The highest BCUT2D eigenvalue weighted by atomic mass is 16.3. The van der Waals surface area contributed by atoms with Crippen LogP contribution >= 0.6 is 0 Å². The van der Waals surface area contributed by atoms with Crippen LogP contribution in [0.4, 0.5) is 0 Å². The molecule has 78 valence electrons. The molecule has 1 aliphatic heterocycles. The van der Waals surface area contributed by atoms with Gasteiger partial charge in [-0.05, 0) is 20.3 Å². The molecule has 14 heavy (non-hydrogen) atoms. The molecule has 1 aliphatic rings. The van der Waals surface area contributed by atoms with Gasteiger partial charge in [-0.15, -0.1) is 0 Å². The Morgan fingerprint density at radius 3 is 2.57 bits per heavy atom. The summed E-state index contributed by atoms with van der Waals surface area (Å²) in [6, 6.07) is 0. The van der Waals surface area contributed by atoms with E-state index in [1.165, 1.54) is 13.8 Å². The maximum absolute atomic E-state index is 11.3. The van der Waals surface area contributed by atoms with Gasteiger partial charge in [-0.1, -0.05) is 0 Å². The second kappa shape index (κ2) is 4.26. The molecule has 0 amide bonds. The van der Waals surface area contributed by atoms with E-state index in [4.69, 9.17) is 0 Å². The first-order valence-corrected chi connectivity index (χ1v) is 4.70. The molecule has 0 aromatic heterocycles. The number of allylic oxidation sites excluding steroid dienone is 1. The molecule has 0 unspecified atom stereocenters. The number of aliphatic imine (C=N–C) groups is 1. The Labute approximate surface area is 83.9 Å². The largest absolute Gasteiger partial charge is 0.512 e. The molecule has 0 saturated carbocycles. The van der Waals surface area contributed by atoms with Crippen LogP contribution in [0.1, 0.15) is 20.3 Å². The van der Waals surface area contributed by atoms with Gasteiger partial charge in [0, 0.05) is 20.1 Å². The van der Waals surface area contributed by atoms with E-state index in [-0.39, 0.29) is 11.5 Å². The third kappa shape index (κ3) is 2.13. The lowest BCUT2D eigenvalue weighted by molar-refractivity contribution is -0.113. The first kappa shape index (κ1) is 10.8. The lowest BCUT2D eigenvalue weighted by Gasteiger charge is -2.26. The molecule has 0 saturated heterocycles. The van der Waals surface area contributed by atoms with Gasteiger partial charge in [-0.25, -0.2) is 0 Å². The average Bonchev–Trinajstić information content (AvgIpc) is 2.07. The van der Waals surface area contributed by atoms with Crippen LogP contribution in [0, 0.1) is 0 Å². The van der Waals surface area contributed by atoms with Crippen molar-refractivity contribution >= 4 is 11.6 Å². The maximum atomic E-state index is 11.3. The van der Waals surface area contributed by atoms with E-state index < -0.39 is 0 Å². The van der Waals surface area contributed by atoms with Crippen LogP contribution in [0.3, 0.4) is 0 Å². The molecule has 0 aromatic carbocycles. The number of carbonyl (C=O) groups excluding carboxylic acids is 1. The first-order valence-electron chi connectivity index (χ1n) is 4.70. The normalized spacial score (nSPS) is 18.8. The highest BCUT2D eigenvalue weighted by molar-refractivity contribution is 6.21. The van der Waals surface area contributed by atoms with Gasteiger partial charge in [0.15, 0.2) is 5.78 Å². The standard InChI is InChI=1S/C10H16N2O2/c1-7(13)9(8(2)14)10-11-5-4-6-12(10)3/h13H,4-6H2,1-3H3/b9-7+. The van der Waals surface area contributed by atoms with E-state index in [0.29, 0.717) is 11.4 Å². The van der Waals surface area contributed by atoms with E-state index in [0.717, 1.165) is 19.5 Å². The van der Waals surface area contributed by atoms with Crippen molar-refractivity contribution < 1.29 is 9.90 Å². The van der Waals surface area contributed by atoms with Crippen LogP contribution in [-0.2, 0) is 4.79 Å².